The lowest BCUT2D eigenvalue weighted by Crippen LogP contribution is -2.43. The Morgan fingerprint density at radius 3 is 2.64 bits per heavy atom. The Morgan fingerprint density at radius 1 is 1.13 bits per heavy atom. The highest BCUT2D eigenvalue weighted by atomic mass is 79.9. The molecule has 39 heavy (non-hydrogen) atoms. The van der Waals surface area contributed by atoms with E-state index >= 15 is 0 Å². The second kappa shape index (κ2) is 12.6. The molecule has 2 aliphatic rings. The third-order valence-corrected chi connectivity index (χ3v) is 8.04. The first-order valence-electron chi connectivity index (χ1n) is 13.1. The number of hydrogen-bond acceptors (Lipinski definition) is 7. The van der Waals surface area contributed by atoms with Gasteiger partial charge in [0.25, 0.3) is 11.5 Å². The summed E-state index contributed by atoms with van der Waals surface area (Å²) in [6.07, 6.45) is 6.88. The van der Waals surface area contributed by atoms with Crippen LogP contribution in [0.2, 0.25) is 0 Å². The standard InChI is InChI=1S/C28H30Br2N4O5/c1-37-24-15-21(30)13-19(26(24)39-17-25(35)33-9-11-38-12-10-33)16-31-34-27(18-5-3-2-4-6-18)32-23-8-7-20(29)14-22(23)28(34)36/h7-8,13-16,18H,2-6,9-12,17H2,1H3. The van der Waals surface area contributed by atoms with Crippen molar-refractivity contribution in [3.05, 3.63) is 61.0 Å². The average molecular weight is 662 g/mol. The van der Waals surface area contributed by atoms with E-state index in [1.807, 2.05) is 18.2 Å². The van der Waals surface area contributed by atoms with E-state index in [2.05, 4.69) is 37.0 Å². The molecule has 2 heterocycles. The number of amides is 1. The molecular weight excluding hydrogens is 632 g/mol. The molecule has 0 N–H and O–H groups in total. The molecule has 0 unspecified atom stereocenters. The minimum atomic E-state index is -0.231. The Morgan fingerprint density at radius 2 is 1.90 bits per heavy atom. The van der Waals surface area contributed by atoms with Gasteiger partial charge in [-0.25, -0.2) is 4.98 Å². The molecule has 9 nitrogen and oxygen atoms in total. The molecule has 0 bridgehead atoms. The van der Waals surface area contributed by atoms with Crippen molar-refractivity contribution in [3.63, 3.8) is 0 Å². The van der Waals surface area contributed by atoms with Gasteiger partial charge in [-0.2, -0.15) is 9.78 Å². The van der Waals surface area contributed by atoms with Crippen molar-refractivity contribution in [3.8, 4) is 11.5 Å². The number of carbonyl (C=O) groups is 1. The highest BCUT2D eigenvalue weighted by Gasteiger charge is 2.23. The van der Waals surface area contributed by atoms with Crippen molar-refractivity contribution >= 4 is 54.9 Å². The summed E-state index contributed by atoms with van der Waals surface area (Å²) in [5.41, 5.74) is 0.988. The maximum absolute atomic E-state index is 13.7. The van der Waals surface area contributed by atoms with Gasteiger partial charge in [-0.05, 0) is 43.2 Å². The Kier molecular flexibility index (Phi) is 8.99. The molecule has 3 aromatic rings. The minimum Gasteiger partial charge on any atom is -0.493 e. The largest absolute Gasteiger partial charge is 0.493 e. The first-order valence-corrected chi connectivity index (χ1v) is 14.7. The van der Waals surface area contributed by atoms with Gasteiger partial charge >= 0.3 is 0 Å². The summed E-state index contributed by atoms with van der Waals surface area (Å²) in [6.45, 7) is 1.94. The quantitative estimate of drug-likeness (QED) is 0.327. The molecule has 1 saturated heterocycles. The number of halogens is 2. The second-order valence-electron chi connectivity index (χ2n) is 9.64. The molecule has 1 aliphatic heterocycles. The van der Waals surface area contributed by atoms with E-state index in [0.717, 1.165) is 34.6 Å². The Bertz CT molecular complexity index is 1450. The lowest BCUT2D eigenvalue weighted by atomic mass is 9.88. The number of ether oxygens (including phenoxy) is 3. The van der Waals surface area contributed by atoms with E-state index in [4.69, 9.17) is 19.2 Å². The molecule has 1 saturated carbocycles. The van der Waals surface area contributed by atoms with Crippen molar-refractivity contribution < 1.29 is 19.0 Å². The number of rotatable bonds is 7. The van der Waals surface area contributed by atoms with Crippen molar-refractivity contribution in [1.82, 2.24) is 14.6 Å². The third kappa shape index (κ3) is 6.36. The molecule has 11 heteroatoms. The van der Waals surface area contributed by atoms with Crippen LogP contribution in [0.3, 0.4) is 0 Å². The molecule has 0 radical (unpaired) electrons. The van der Waals surface area contributed by atoms with Crippen LogP contribution >= 0.6 is 31.9 Å². The van der Waals surface area contributed by atoms with Gasteiger partial charge in [0.2, 0.25) is 0 Å². The topological polar surface area (TPSA) is 95.2 Å². The normalized spacial score (nSPS) is 16.6. The summed E-state index contributed by atoms with van der Waals surface area (Å²) in [5, 5.41) is 5.14. The number of fused-ring (bicyclic) bond motifs is 1. The summed E-state index contributed by atoms with van der Waals surface area (Å²) >= 11 is 6.98. The lowest BCUT2D eigenvalue weighted by molar-refractivity contribution is -0.137. The number of morpholine rings is 1. The summed E-state index contributed by atoms with van der Waals surface area (Å²) in [6, 6.07) is 9.10. The molecule has 0 spiro atoms. The fraction of sp³-hybridized carbons (Fsp3) is 0.429. The fourth-order valence-electron chi connectivity index (χ4n) is 5.05. The van der Waals surface area contributed by atoms with Gasteiger partial charge in [0, 0.05) is 33.5 Å². The van der Waals surface area contributed by atoms with Crippen LogP contribution in [0.5, 0.6) is 11.5 Å². The first-order chi connectivity index (χ1) is 18.9. The molecule has 2 fully saturated rings. The van der Waals surface area contributed by atoms with Gasteiger partial charge in [-0.3, -0.25) is 9.59 Å². The highest BCUT2D eigenvalue weighted by Crippen LogP contribution is 2.35. The number of nitrogens with zero attached hydrogens (tertiary/aromatic N) is 4. The van der Waals surface area contributed by atoms with Crippen LogP contribution in [0.25, 0.3) is 10.9 Å². The van der Waals surface area contributed by atoms with E-state index in [1.54, 1.807) is 23.2 Å². The number of benzene rings is 2. The zero-order chi connectivity index (χ0) is 27.4. The summed E-state index contributed by atoms with van der Waals surface area (Å²) in [4.78, 5) is 33.1. The van der Waals surface area contributed by atoms with E-state index in [9.17, 15) is 9.59 Å². The predicted molar refractivity (Wildman–Crippen MR) is 156 cm³/mol. The Labute approximate surface area is 243 Å². The third-order valence-electron chi connectivity index (χ3n) is 7.09. The molecule has 1 aromatic heterocycles. The summed E-state index contributed by atoms with van der Waals surface area (Å²) in [5.74, 6) is 1.50. The van der Waals surface area contributed by atoms with Crippen molar-refractivity contribution in [2.24, 2.45) is 5.10 Å². The van der Waals surface area contributed by atoms with E-state index < -0.39 is 0 Å². The van der Waals surface area contributed by atoms with Crippen LogP contribution in [-0.2, 0) is 9.53 Å². The number of hydrogen-bond donors (Lipinski definition) is 0. The summed E-state index contributed by atoms with van der Waals surface area (Å²) in [7, 11) is 1.54. The van der Waals surface area contributed by atoms with Crippen LogP contribution < -0.4 is 15.0 Å². The predicted octanol–water partition coefficient (Wildman–Crippen LogP) is 5.10. The lowest BCUT2D eigenvalue weighted by Gasteiger charge is -2.27. The molecule has 206 valence electrons. The van der Waals surface area contributed by atoms with Crippen molar-refractivity contribution in [2.75, 3.05) is 40.0 Å². The molecule has 5 rings (SSSR count). The zero-order valence-electron chi connectivity index (χ0n) is 21.7. The fourth-order valence-corrected chi connectivity index (χ4v) is 5.87. The molecular formula is C28H30Br2N4O5. The van der Waals surface area contributed by atoms with Gasteiger partial charge in [0.15, 0.2) is 18.1 Å². The maximum Gasteiger partial charge on any atom is 0.282 e. The average Bonchev–Trinajstić information content (AvgIpc) is 2.96. The number of carbonyl (C=O) groups excluding carboxylic acids is 1. The van der Waals surface area contributed by atoms with Crippen LogP contribution in [0, 0.1) is 0 Å². The maximum atomic E-state index is 13.7. The smallest absolute Gasteiger partial charge is 0.282 e. The molecule has 1 aliphatic carbocycles. The van der Waals surface area contributed by atoms with Crippen molar-refractivity contribution in [2.45, 2.75) is 38.0 Å². The van der Waals surface area contributed by atoms with Crippen LogP contribution in [0.1, 0.15) is 49.4 Å². The van der Waals surface area contributed by atoms with Crippen molar-refractivity contribution in [1.29, 1.82) is 0 Å². The van der Waals surface area contributed by atoms with Gasteiger partial charge in [-0.1, -0.05) is 51.1 Å². The Balaban J connectivity index is 1.53. The van der Waals surface area contributed by atoms with E-state index in [0.29, 0.717) is 60.1 Å². The zero-order valence-corrected chi connectivity index (χ0v) is 24.9. The van der Waals surface area contributed by atoms with Gasteiger partial charge < -0.3 is 19.1 Å². The second-order valence-corrected chi connectivity index (χ2v) is 11.5. The SMILES string of the molecule is COc1cc(Br)cc(C=Nn2c(C3CCCCC3)nc3ccc(Br)cc3c2=O)c1OCC(=O)N1CCOCC1. The minimum absolute atomic E-state index is 0.133. The summed E-state index contributed by atoms with van der Waals surface area (Å²) < 4.78 is 19.9. The van der Waals surface area contributed by atoms with Gasteiger partial charge in [-0.15, -0.1) is 0 Å². The van der Waals surface area contributed by atoms with Crippen LogP contribution in [0.4, 0.5) is 0 Å². The van der Waals surface area contributed by atoms with E-state index in [1.165, 1.54) is 18.2 Å². The van der Waals surface area contributed by atoms with E-state index in [-0.39, 0.29) is 24.0 Å². The molecule has 1 amide bonds. The monoisotopic (exact) mass is 660 g/mol. The van der Waals surface area contributed by atoms with Gasteiger partial charge in [0.05, 0.1) is 37.4 Å². The Hall–Kier alpha value is -2.76. The number of methoxy groups -OCH3 is 1. The van der Waals surface area contributed by atoms with Gasteiger partial charge in [0.1, 0.15) is 5.82 Å². The highest BCUT2D eigenvalue weighted by molar-refractivity contribution is 9.10. The molecule has 0 atom stereocenters. The van der Waals surface area contributed by atoms with Crippen LogP contribution in [0.15, 0.2) is 49.2 Å². The first kappa shape index (κ1) is 27.8. The number of aromatic nitrogens is 2. The van der Waals surface area contributed by atoms with Crippen LogP contribution in [-0.4, -0.2) is 66.7 Å². The molecule has 2 aromatic carbocycles.